The van der Waals surface area contributed by atoms with E-state index < -0.39 is 20.2 Å². The molecule has 8 aromatic rings. The first-order valence-electron chi connectivity index (χ1n) is 44.8. The van der Waals surface area contributed by atoms with Crippen molar-refractivity contribution < 1.29 is 165 Å². The number of nitrogens with one attached hydrogen (secondary N) is 9. The standard InChI is InChI=1S/C14H19BrN2O.C13H14BrNO2.C11H10BrNO2.C10H19BO3.C9H7BrINO.C9H7BrN2O3.C9H9BrN2O.C9H8N2O3.C9H9NO.C3H9N.CH4.BHNS.B.HI.K.H2O4S/c1-3-17(2)7-5-10-8-12-11(13(15)9-10)4-6-16-14(12)18;1-2-17-6-4-9-7-11-10(12(14)8-9)3-5-15-13(11)16;12-10-6-7(2-4-14)5-9-8(10)1-3-13-11(9)15;1-6-12-8-7-11-13-9(2,3)10(4,5)14-11;10-8-4-5(11)3-7-6(8)1-2-12-9(7)13;10-8-4-5(12(14)15)3-7-6(8)1-2-11-9(7)13;10-8-4-5(11)3-7-6(8)1-2-12-9(7)13;12-9-8-5-7(11(13)14)2-1-6(8)3-4-10-9;11-9-8-4-2-1-3-7(8)5-6-10-9;1-3-4-2;;1-2-3;;;;1-5(2,3)4/h8-9H,3-7H2,1-2H3,(H,16,18);4,6-8H,2-3,5H2,1H3,(H,15,16);4-6H,1-3H2,(H,13,15);7-8H,6H2,1-5H3;3-4H,1-2H2,(H,12,13);3-4H,1-2H2,(H,11,13);3-4H,1-2,11H2,(H,12,13);1-2,5H,3-4H2,(H,10,12);1-4H,5-6H2,(H,10,11);4H,3H2,1-2H3;1H4;3H;;1H;;(H2,1,2,3,4)/q;;;;;;;;;;;;;;+1;/p-1/b;6-4+;;8-7+;;;;;;;;;;;;. The monoisotopic (exact) mass is 2680 g/mol. The van der Waals surface area contributed by atoms with Gasteiger partial charge in [-0.2, -0.15) is 8.42 Å². The maximum atomic E-state index is 11.8. The third kappa shape index (κ3) is 43.6. The number of rotatable bonds is 15. The van der Waals surface area contributed by atoms with Crippen molar-refractivity contribution in [2.45, 2.75) is 138 Å². The smallest absolute Gasteiger partial charge is 1.00 e. The number of thiol groups is 1. The van der Waals surface area contributed by atoms with E-state index >= 15 is 0 Å². The average molecular weight is 2680 g/mol. The van der Waals surface area contributed by atoms with E-state index in [1.165, 1.54) is 29.8 Å². The fourth-order valence-electron chi connectivity index (χ4n) is 14.4. The molecular formula is C97H118B3Br6I2KN14O21S2. The minimum Gasteiger partial charge on any atom is -1.00 e. The SMILES string of the molecule is C.CCN(C)CCc1cc(Br)c2c(c1)C(=O)NCC2.CCNC.CCO/C=C/B1OC(C)(C)C(C)(C)O1.CCO/C=C/c1cc(Br)c2c(c1)C(=O)NCC2.Nc1cc(Br)c2c(c1)C(=O)NCC2.O=C1NCCc2c(Br)cc(I)cc21.O=C1NCCc2c(Br)cc([N+](=O)[O-])cc21.O=C1NCCc2ccc([N+](=O)[O-])cc21.O=C1NCCc2ccccc21.O=CCc1cc(Br)c2c(c1)C(=O)NCC2.O=S(=O)(O)O.[B].[B]=NS.[I-].[K+]. The molecule has 9 heterocycles. The molecular weight excluding hydrogens is 2570 g/mol. The summed E-state index contributed by atoms with van der Waals surface area (Å²) in [6.07, 6.45) is 14.1. The van der Waals surface area contributed by atoms with E-state index in [0.717, 1.165) is 201 Å². The summed E-state index contributed by atoms with van der Waals surface area (Å²) in [5, 5.41) is 46.2. The number of ether oxygens (including phenoxy) is 2. The van der Waals surface area contributed by atoms with Crippen LogP contribution in [0, 0.1) is 23.8 Å². The molecule has 1 saturated heterocycles. The maximum absolute atomic E-state index is 11.8. The number of nitro groups is 2. The van der Waals surface area contributed by atoms with Gasteiger partial charge in [-0.25, -0.2) is 0 Å². The van der Waals surface area contributed by atoms with Crippen LogP contribution in [0.15, 0.2) is 165 Å². The first-order chi connectivity index (χ1) is 67.3. The zero-order chi connectivity index (χ0) is 105. The molecule has 0 aliphatic carbocycles. The molecule has 0 atom stereocenters. The molecule has 1 fully saturated rings. The average Bonchev–Trinajstić information content (AvgIpc) is 1.65. The number of anilines is 1. The molecule has 9 aliphatic heterocycles. The van der Waals surface area contributed by atoms with E-state index in [2.05, 4.69) is 223 Å². The quantitative estimate of drug-likeness (QED) is 0.00522. The minimum atomic E-state index is -4.67. The van der Waals surface area contributed by atoms with Gasteiger partial charge >= 0.3 is 93.7 Å². The summed E-state index contributed by atoms with van der Waals surface area (Å²) in [5.41, 5.74) is 22.4. The van der Waals surface area contributed by atoms with Gasteiger partial charge in [0.25, 0.3) is 58.6 Å². The number of non-ortho nitro benzene ring substituents is 2. The predicted octanol–water partition coefficient (Wildman–Crippen LogP) is 9.79. The number of carbonyl (C=O) groups is 9. The molecule has 8 amide bonds. The van der Waals surface area contributed by atoms with E-state index in [9.17, 15) is 63.4 Å². The Morgan fingerprint density at radius 3 is 1.29 bits per heavy atom. The summed E-state index contributed by atoms with van der Waals surface area (Å²) in [4.78, 5) is 125. The second kappa shape index (κ2) is 68.0. The molecule has 49 heteroatoms. The molecule has 9 aliphatic rings. The molecule has 0 aromatic heterocycles. The van der Waals surface area contributed by atoms with Crippen LogP contribution >= 0.6 is 131 Å². The van der Waals surface area contributed by atoms with Crippen molar-refractivity contribution in [2.75, 3.05) is 105 Å². The molecule has 0 bridgehead atoms. The Hall–Kier alpha value is -7.10. The molecule has 0 unspecified atom stereocenters. The van der Waals surface area contributed by atoms with Gasteiger partial charge in [-0.05, 0) is 289 Å². The first-order valence-corrected chi connectivity index (χ1v) is 52.4. The van der Waals surface area contributed by atoms with Gasteiger partial charge in [-0.15, -0.1) is 0 Å². The number of nitrogens with zero attached hydrogens (tertiary/aromatic N) is 4. The molecule has 13 N–H and O–H groups in total. The van der Waals surface area contributed by atoms with Crippen LogP contribution in [-0.2, 0) is 98.2 Å². The van der Waals surface area contributed by atoms with Gasteiger partial charge in [-0.3, -0.25) is 67.7 Å². The number of likely N-dealkylation sites (N-methyl/N-ethyl adjacent to an activating group) is 1. The molecule has 35 nitrogen and oxygen atoms in total. The Morgan fingerprint density at radius 1 is 0.534 bits per heavy atom. The Balaban J connectivity index is 0.000000546. The van der Waals surface area contributed by atoms with Crippen molar-refractivity contribution in [3.8, 4) is 0 Å². The van der Waals surface area contributed by atoms with Gasteiger partial charge in [0.2, 0.25) is 0 Å². The Morgan fingerprint density at radius 2 is 0.877 bits per heavy atom. The van der Waals surface area contributed by atoms with Crippen molar-refractivity contribution in [3.63, 3.8) is 0 Å². The first kappa shape index (κ1) is 135. The summed E-state index contributed by atoms with van der Waals surface area (Å²) >= 11 is 26.1. The number of halogens is 8. The normalized spacial score (nSPS) is 14.7. The Bertz CT molecular complexity index is 5980. The van der Waals surface area contributed by atoms with Crippen molar-refractivity contribution >= 4 is 241 Å². The summed E-state index contributed by atoms with van der Waals surface area (Å²) in [6, 6.07) is 34.2. The zero-order valence-corrected chi connectivity index (χ0v) is 100. The molecule has 0 saturated carbocycles. The minimum absolute atomic E-state index is 0. The zero-order valence-electron chi connectivity index (χ0n) is 81.7. The molecule has 146 heavy (non-hydrogen) atoms. The third-order valence-corrected chi connectivity index (χ3v) is 27.3. The van der Waals surface area contributed by atoms with Gasteiger partial charge in [0.05, 0.1) is 52.4 Å². The molecule has 0 spiro atoms. The summed E-state index contributed by atoms with van der Waals surface area (Å²) in [5.74, 6) is 1.39. The van der Waals surface area contributed by atoms with Crippen LogP contribution in [0.2, 0.25) is 0 Å². The van der Waals surface area contributed by atoms with E-state index in [0.29, 0.717) is 91.2 Å². The number of nitro benzene ring substituents is 2. The van der Waals surface area contributed by atoms with Crippen molar-refractivity contribution in [2.24, 2.45) is 4.30 Å². The van der Waals surface area contributed by atoms with Crippen LogP contribution < -0.4 is 129 Å². The fourth-order valence-corrected chi connectivity index (χ4v) is 19.5. The van der Waals surface area contributed by atoms with E-state index in [1.807, 2.05) is 121 Å². The van der Waals surface area contributed by atoms with Crippen molar-refractivity contribution in [1.82, 2.24) is 52.8 Å². The fraction of sp³-hybridized carbons (Fsp3) is 0.371. The summed E-state index contributed by atoms with van der Waals surface area (Å²) in [6.45, 7) is 26.2. The van der Waals surface area contributed by atoms with Gasteiger partial charge in [0, 0.05) is 173 Å². The second-order valence-electron chi connectivity index (χ2n) is 32.6. The Labute approximate surface area is 984 Å². The number of hydrogen-bond acceptors (Lipinski definition) is 24. The topological polar surface area (TPSA) is 501 Å². The number of fused-ring (bicyclic) bond motifs is 8. The molecule has 4 radical (unpaired) electrons. The molecule has 17 rings (SSSR count). The van der Waals surface area contributed by atoms with Crippen LogP contribution in [0.4, 0.5) is 17.1 Å². The predicted molar refractivity (Wildman–Crippen MR) is 594 cm³/mol. The van der Waals surface area contributed by atoms with Crippen LogP contribution in [-0.4, -0.2) is 219 Å². The summed E-state index contributed by atoms with van der Waals surface area (Å²) in [7, 11) is 3.41. The van der Waals surface area contributed by atoms with E-state index in [1.54, 1.807) is 36.7 Å². The van der Waals surface area contributed by atoms with Gasteiger partial charge < -0.3 is 106 Å². The molecule has 780 valence electrons. The summed E-state index contributed by atoms with van der Waals surface area (Å²) < 4.78 is 62.6. The third-order valence-electron chi connectivity index (χ3n) is 22.4. The van der Waals surface area contributed by atoms with Gasteiger partial charge in [-0.1, -0.05) is 141 Å². The number of carbonyl (C=O) groups excluding carboxylic acids is 9. The number of nitrogens with two attached hydrogens (primary N) is 1. The van der Waals surface area contributed by atoms with Crippen molar-refractivity contribution in [3.05, 3.63) is 290 Å². The number of nitrogen functional groups attached to an aromatic ring is 1. The largest absolute Gasteiger partial charge is 1.00 e. The molecule has 8 aromatic carbocycles. The van der Waals surface area contributed by atoms with E-state index in [4.69, 9.17) is 42.0 Å². The Kier molecular flexibility index (Phi) is 62.9. The number of hydrogen-bond donors (Lipinski definition) is 13. The second-order valence-corrected chi connectivity index (χ2v) is 40.1. The number of aldehydes is 1. The van der Waals surface area contributed by atoms with Crippen LogP contribution in [0.3, 0.4) is 0 Å². The van der Waals surface area contributed by atoms with Crippen molar-refractivity contribution in [1.29, 1.82) is 0 Å². The number of benzene rings is 8. The van der Waals surface area contributed by atoms with Crippen LogP contribution in [0.25, 0.3) is 6.08 Å². The maximum Gasteiger partial charge on any atom is 1.00 e. The van der Waals surface area contributed by atoms with Crippen LogP contribution in [0.5, 0.6) is 0 Å². The van der Waals surface area contributed by atoms with Gasteiger partial charge in [0.1, 0.15) is 6.29 Å². The van der Waals surface area contributed by atoms with Crippen LogP contribution in [0.1, 0.15) is 207 Å². The number of amides is 8. The van der Waals surface area contributed by atoms with E-state index in [-0.39, 0.29) is 168 Å². The van der Waals surface area contributed by atoms with Gasteiger partial charge in [0.15, 0.2) is 0 Å².